The van der Waals surface area contributed by atoms with Crippen LogP contribution in [-0.2, 0) is 0 Å². The molecule has 0 bridgehead atoms. The standard InChI is InChI=1S/C22H13BrFN3S/c23-18-7-8-20(19(24)10-18)26-12-17(11-25)22-27-21(13-28-22)16-6-5-14-3-1-2-4-15(14)9-16/h1-10,12-13,26H/b17-12+. The fourth-order valence-electron chi connectivity index (χ4n) is 2.78. The van der Waals surface area contributed by atoms with Gasteiger partial charge in [0.05, 0.1) is 11.4 Å². The molecule has 0 fully saturated rings. The van der Waals surface area contributed by atoms with Crippen LogP contribution in [0.4, 0.5) is 10.1 Å². The molecule has 0 aliphatic carbocycles. The fourth-order valence-corrected chi connectivity index (χ4v) is 3.90. The summed E-state index contributed by atoms with van der Waals surface area (Å²) >= 11 is 4.60. The Labute approximate surface area is 173 Å². The molecule has 0 atom stereocenters. The minimum atomic E-state index is -0.404. The van der Waals surface area contributed by atoms with Crippen LogP contribution < -0.4 is 5.32 Å². The first kappa shape index (κ1) is 18.4. The number of nitriles is 1. The van der Waals surface area contributed by atoms with Gasteiger partial charge in [0.2, 0.25) is 0 Å². The number of hydrogen-bond acceptors (Lipinski definition) is 4. The van der Waals surface area contributed by atoms with Gasteiger partial charge in [0.25, 0.3) is 0 Å². The quantitative estimate of drug-likeness (QED) is 0.346. The van der Waals surface area contributed by atoms with E-state index in [1.54, 1.807) is 12.1 Å². The van der Waals surface area contributed by atoms with E-state index in [0.29, 0.717) is 20.7 Å². The number of nitrogens with one attached hydrogen (secondary N) is 1. The topological polar surface area (TPSA) is 48.7 Å². The van der Waals surface area contributed by atoms with Crippen molar-refractivity contribution in [2.24, 2.45) is 0 Å². The molecule has 0 aliphatic heterocycles. The lowest BCUT2D eigenvalue weighted by atomic mass is 10.1. The number of fused-ring (bicyclic) bond motifs is 1. The molecular weight excluding hydrogens is 437 g/mol. The average molecular weight is 450 g/mol. The maximum Gasteiger partial charge on any atom is 0.147 e. The predicted octanol–water partition coefficient (Wildman–Crippen LogP) is 6.84. The summed E-state index contributed by atoms with van der Waals surface area (Å²) in [5.41, 5.74) is 2.44. The SMILES string of the molecule is N#C/C(=C\Nc1ccc(Br)cc1F)c1nc(-c2ccc3ccccc3c2)cs1. The third-order valence-corrected chi connectivity index (χ3v) is 5.57. The Morgan fingerprint density at radius 3 is 2.71 bits per heavy atom. The van der Waals surface area contributed by atoms with E-state index in [2.05, 4.69) is 56.6 Å². The summed E-state index contributed by atoms with van der Waals surface area (Å²) < 4.78 is 14.6. The van der Waals surface area contributed by atoms with Gasteiger partial charge in [0, 0.05) is 21.6 Å². The monoisotopic (exact) mass is 449 g/mol. The first-order valence-corrected chi connectivity index (χ1v) is 10.1. The van der Waals surface area contributed by atoms with Gasteiger partial charge in [-0.1, -0.05) is 52.3 Å². The zero-order chi connectivity index (χ0) is 19.5. The van der Waals surface area contributed by atoms with Gasteiger partial charge in [-0.2, -0.15) is 5.26 Å². The number of aromatic nitrogens is 1. The zero-order valence-electron chi connectivity index (χ0n) is 14.5. The maximum atomic E-state index is 13.9. The fraction of sp³-hybridized carbons (Fsp3) is 0. The van der Waals surface area contributed by atoms with Gasteiger partial charge < -0.3 is 5.32 Å². The molecule has 0 aliphatic rings. The molecule has 0 radical (unpaired) electrons. The van der Waals surface area contributed by atoms with Crippen LogP contribution in [0.5, 0.6) is 0 Å². The lowest BCUT2D eigenvalue weighted by Gasteiger charge is -2.03. The Morgan fingerprint density at radius 1 is 1.11 bits per heavy atom. The van der Waals surface area contributed by atoms with Crippen molar-refractivity contribution in [3.63, 3.8) is 0 Å². The van der Waals surface area contributed by atoms with E-state index in [9.17, 15) is 9.65 Å². The van der Waals surface area contributed by atoms with Crippen LogP contribution in [0.15, 0.2) is 76.7 Å². The van der Waals surface area contributed by atoms with Crippen LogP contribution in [-0.4, -0.2) is 4.98 Å². The van der Waals surface area contributed by atoms with Gasteiger partial charge in [0.1, 0.15) is 22.5 Å². The second-order valence-corrected chi connectivity index (χ2v) is 7.81. The Bertz CT molecular complexity index is 1240. The van der Waals surface area contributed by atoms with Crippen molar-refractivity contribution in [1.82, 2.24) is 4.98 Å². The van der Waals surface area contributed by atoms with E-state index >= 15 is 0 Å². The van der Waals surface area contributed by atoms with Crippen LogP contribution in [0.25, 0.3) is 27.6 Å². The summed E-state index contributed by atoms with van der Waals surface area (Å²) in [5, 5.41) is 17.2. The van der Waals surface area contributed by atoms with Gasteiger partial charge in [-0.3, -0.25) is 0 Å². The second kappa shape index (κ2) is 7.93. The van der Waals surface area contributed by atoms with E-state index in [-0.39, 0.29) is 0 Å². The molecule has 4 aromatic rings. The van der Waals surface area contributed by atoms with E-state index in [0.717, 1.165) is 16.6 Å². The highest BCUT2D eigenvalue weighted by Gasteiger charge is 2.10. The van der Waals surface area contributed by atoms with E-state index < -0.39 is 5.82 Å². The smallest absolute Gasteiger partial charge is 0.147 e. The molecule has 1 N–H and O–H groups in total. The third kappa shape index (κ3) is 3.81. The van der Waals surface area contributed by atoms with Gasteiger partial charge in [-0.25, -0.2) is 9.37 Å². The predicted molar refractivity (Wildman–Crippen MR) is 116 cm³/mol. The van der Waals surface area contributed by atoms with Crippen LogP contribution in [0.1, 0.15) is 5.01 Å². The number of thiazole rings is 1. The highest BCUT2D eigenvalue weighted by atomic mass is 79.9. The molecular formula is C22H13BrFN3S. The maximum absolute atomic E-state index is 13.9. The molecule has 0 amide bonds. The molecule has 1 aromatic heterocycles. The Hall–Kier alpha value is -3.01. The van der Waals surface area contributed by atoms with Crippen LogP contribution >= 0.6 is 27.3 Å². The normalized spacial score (nSPS) is 11.4. The van der Waals surface area contributed by atoms with Crippen molar-refractivity contribution >= 4 is 49.3 Å². The average Bonchev–Trinajstić information content (AvgIpc) is 3.19. The van der Waals surface area contributed by atoms with Gasteiger partial charge in [-0.05, 0) is 35.0 Å². The van der Waals surface area contributed by atoms with Crippen molar-refractivity contribution < 1.29 is 4.39 Å². The summed E-state index contributed by atoms with van der Waals surface area (Å²) in [6, 6.07) is 21.1. The van der Waals surface area contributed by atoms with Crippen LogP contribution in [0.2, 0.25) is 0 Å². The number of anilines is 1. The number of allylic oxidation sites excluding steroid dienone is 1. The van der Waals surface area contributed by atoms with Crippen LogP contribution in [0.3, 0.4) is 0 Å². The number of benzene rings is 3. The molecule has 136 valence electrons. The number of hydrogen-bond donors (Lipinski definition) is 1. The summed E-state index contributed by atoms with van der Waals surface area (Å²) in [7, 11) is 0. The molecule has 6 heteroatoms. The summed E-state index contributed by atoms with van der Waals surface area (Å²) in [4.78, 5) is 4.59. The zero-order valence-corrected chi connectivity index (χ0v) is 16.9. The van der Waals surface area contributed by atoms with Gasteiger partial charge in [0.15, 0.2) is 0 Å². The molecule has 3 aromatic carbocycles. The van der Waals surface area contributed by atoms with E-state index in [1.807, 2.05) is 23.6 Å². The van der Waals surface area contributed by atoms with Gasteiger partial charge >= 0.3 is 0 Å². The van der Waals surface area contributed by atoms with Gasteiger partial charge in [-0.15, -0.1) is 11.3 Å². The number of nitrogens with zero attached hydrogens (tertiary/aromatic N) is 2. The lowest BCUT2D eigenvalue weighted by molar-refractivity contribution is 0.631. The largest absolute Gasteiger partial charge is 0.358 e. The Balaban J connectivity index is 1.61. The highest BCUT2D eigenvalue weighted by molar-refractivity contribution is 9.10. The van der Waals surface area contributed by atoms with Crippen molar-refractivity contribution in [2.75, 3.05) is 5.32 Å². The molecule has 0 spiro atoms. The molecule has 0 saturated heterocycles. The van der Waals surface area contributed by atoms with E-state index in [1.165, 1.54) is 29.0 Å². The van der Waals surface area contributed by atoms with Crippen molar-refractivity contribution in [3.05, 3.63) is 87.5 Å². The number of rotatable bonds is 4. The first-order valence-electron chi connectivity index (χ1n) is 8.41. The molecule has 3 nitrogen and oxygen atoms in total. The Morgan fingerprint density at radius 2 is 1.93 bits per heavy atom. The minimum absolute atomic E-state index is 0.294. The molecule has 1 heterocycles. The molecule has 4 rings (SSSR count). The molecule has 0 unspecified atom stereocenters. The number of halogens is 2. The highest BCUT2D eigenvalue weighted by Crippen LogP contribution is 2.29. The second-order valence-electron chi connectivity index (χ2n) is 6.04. The van der Waals surface area contributed by atoms with Crippen LogP contribution in [0, 0.1) is 17.1 Å². The van der Waals surface area contributed by atoms with Crippen molar-refractivity contribution in [3.8, 4) is 17.3 Å². The first-order chi connectivity index (χ1) is 13.6. The molecule has 0 saturated carbocycles. The van der Waals surface area contributed by atoms with E-state index in [4.69, 9.17) is 0 Å². The van der Waals surface area contributed by atoms with Crippen molar-refractivity contribution in [2.45, 2.75) is 0 Å². The lowest BCUT2D eigenvalue weighted by Crippen LogP contribution is -1.94. The minimum Gasteiger partial charge on any atom is -0.358 e. The summed E-state index contributed by atoms with van der Waals surface area (Å²) in [6.07, 6.45) is 1.48. The third-order valence-electron chi connectivity index (χ3n) is 4.20. The summed E-state index contributed by atoms with van der Waals surface area (Å²) in [5.74, 6) is -0.404. The summed E-state index contributed by atoms with van der Waals surface area (Å²) in [6.45, 7) is 0. The Kier molecular flexibility index (Phi) is 5.20. The molecule has 28 heavy (non-hydrogen) atoms. The van der Waals surface area contributed by atoms with Crippen molar-refractivity contribution in [1.29, 1.82) is 5.26 Å².